The zero-order chi connectivity index (χ0) is 20.4. The summed E-state index contributed by atoms with van der Waals surface area (Å²) >= 11 is 1.37. The van der Waals surface area contributed by atoms with Crippen LogP contribution in [0.3, 0.4) is 0 Å². The minimum atomic E-state index is -4.55. The van der Waals surface area contributed by atoms with Gasteiger partial charge in [-0.25, -0.2) is 13.1 Å². The van der Waals surface area contributed by atoms with Crippen LogP contribution in [0.25, 0.3) is 0 Å². The van der Waals surface area contributed by atoms with E-state index in [1.165, 1.54) is 17.4 Å². The molecule has 0 spiro atoms. The van der Waals surface area contributed by atoms with Crippen LogP contribution in [0.5, 0.6) is 0 Å². The molecular weight excluding hydrogens is 417 g/mol. The molecule has 0 fully saturated rings. The quantitative estimate of drug-likeness (QED) is 0.617. The number of nitrogens with one attached hydrogen (secondary N) is 2. The van der Waals surface area contributed by atoms with Crippen molar-refractivity contribution in [2.45, 2.75) is 17.8 Å². The number of thiophene rings is 1. The standard InChI is InChI=1S/C17H13F3N2O4S2/c18-17(19,20)11-3-1-4-12(9-11)22-16(23)14-6-7-15(26-14)28(24,25)21-10-13-5-2-8-27-13/h1-9,21H,10H2,(H,22,23). The summed E-state index contributed by atoms with van der Waals surface area (Å²) in [5.41, 5.74) is -1.03. The smallest absolute Gasteiger partial charge is 0.416 e. The largest absolute Gasteiger partial charge is 0.438 e. The van der Waals surface area contributed by atoms with Crippen LogP contribution in [-0.2, 0) is 22.7 Å². The Labute approximate surface area is 162 Å². The molecule has 6 nitrogen and oxygen atoms in total. The van der Waals surface area contributed by atoms with Gasteiger partial charge in [-0.1, -0.05) is 12.1 Å². The first-order chi connectivity index (χ1) is 13.1. The fourth-order valence-electron chi connectivity index (χ4n) is 2.20. The van der Waals surface area contributed by atoms with E-state index in [0.29, 0.717) is 0 Å². The fourth-order valence-corrected chi connectivity index (χ4v) is 3.87. The molecule has 2 heterocycles. The van der Waals surface area contributed by atoms with Crippen LogP contribution in [0.4, 0.5) is 18.9 Å². The Kier molecular flexibility index (Phi) is 5.59. The van der Waals surface area contributed by atoms with Gasteiger partial charge in [0.2, 0.25) is 5.09 Å². The average Bonchev–Trinajstić information content (AvgIpc) is 3.32. The van der Waals surface area contributed by atoms with Crippen molar-refractivity contribution in [1.82, 2.24) is 4.72 Å². The van der Waals surface area contributed by atoms with Crippen LogP contribution < -0.4 is 10.0 Å². The van der Waals surface area contributed by atoms with Crippen LogP contribution in [-0.4, -0.2) is 14.3 Å². The Morgan fingerprint density at radius 2 is 1.89 bits per heavy atom. The monoisotopic (exact) mass is 430 g/mol. The van der Waals surface area contributed by atoms with Gasteiger partial charge in [0.1, 0.15) is 0 Å². The highest BCUT2D eigenvalue weighted by Gasteiger charge is 2.30. The second-order valence-corrected chi connectivity index (χ2v) is 8.29. The van der Waals surface area contributed by atoms with Crippen LogP contribution in [0, 0.1) is 0 Å². The van der Waals surface area contributed by atoms with E-state index in [1.807, 2.05) is 0 Å². The molecule has 0 atom stereocenters. The topological polar surface area (TPSA) is 88.4 Å². The number of anilines is 1. The molecule has 2 aromatic heterocycles. The summed E-state index contributed by atoms with van der Waals surface area (Å²) in [5, 5.41) is 3.57. The number of alkyl halides is 3. The molecule has 11 heteroatoms. The van der Waals surface area contributed by atoms with Gasteiger partial charge in [-0.3, -0.25) is 4.79 Å². The highest BCUT2D eigenvalue weighted by atomic mass is 32.2. The molecule has 148 valence electrons. The second-order valence-electron chi connectivity index (χ2n) is 5.56. The third kappa shape index (κ3) is 4.80. The number of hydrogen-bond acceptors (Lipinski definition) is 5. The van der Waals surface area contributed by atoms with Gasteiger partial charge in [0.25, 0.3) is 15.9 Å². The number of hydrogen-bond donors (Lipinski definition) is 2. The van der Waals surface area contributed by atoms with Gasteiger partial charge >= 0.3 is 6.18 Å². The molecule has 3 aromatic rings. The third-order valence-electron chi connectivity index (χ3n) is 3.53. The summed E-state index contributed by atoms with van der Waals surface area (Å²) in [5.74, 6) is -1.23. The van der Waals surface area contributed by atoms with Gasteiger partial charge in [-0.15, -0.1) is 11.3 Å². The number of furan rings is 1. The first-order valence-corrected chi connectivity index (χ1v) is 10.1. The lowest BCUT2D eigenvalue weighted by atomic mass is 10.2. The minimum Gasteiger partial charge on any atom is -0.438 e. The van der Waals surface area contributed by atoms with Crippen molar-refractivity contribution in [1.29, 1.82) is 0 Å². The molecule has 2 N–H and O–H groups in total. The van der Waals surface area contributed by atoms with E-state index in [2.05, 4.69) is 10.0 Å². The van der Waals surface area contributed by atoms with Gasteiger partial charge in [-0.2, -0.15) is 13.2 Å². The van der Waals surface area contributed by atoms with Crippen LogP contribution in [0.2, 0.25) is 0 Å². The molecule has 1 aromatic carbocycles. The van der Waals surface area contributed by atoms with E-state index < -0.39 is 32.8 Å². The number of sulfonamides is 1. The first kappa shape index (κ1) is 20.1. The van der Waals surface area contributed by atoms with Crippen molar-refractivity contribution in [2.24, 2.45) is 0 Å². The molecule has 1 amide bonds. The molecule has 0 saturated carbocycles. The number of benzene rings is 1. The molecule has 0 saturated heterocycles. The second kappa shape index (κ2) is 7.78. The van der Waals surface area contributed by atoms with Crippen LogP contribution in [0.1, 0.15) is 21.0 Å². The lowest BCUT2D eigenvalue weighted by Crippen LogP contribution is -2.22. The number of carbonyl (C=O) groups is 1. The molecular formula is C17H13F3N2O4S2. The summed E-state index contributed by atoms with van der Waals surface area (Å²) in [4.78, 5) is 12.9. The van der Waals surface area contributed by atoms with Crippen molar-refractivity contribution in [2.75, 3.05) is 5.32 Å². The van der Waals surface area contributed by atoms with Crippen molar-refractivity contribution in [3.05, 3.63) is 70.1 Å². The summed E-state index contributed by atoms with van der Waals surface area (Å²) in [6.07, 6.45) is -4.55. The van der Waals surface area contributed by atoms with Gasteiger partial charge in [0.15, 0.2) is 5.76 Å². The molecule has 0 aliphatic heterocycles. The highest BCUT2D eigenvalue weighted by molar-refractivity contribution is 7.89. The van der Waals surface area contributed by atoms with E-state index in [-0.39, 0.29) is 18.0 Å². The Bertz CT molecular complexity index is 1070. The molecule has 0 aliphatic rings. The maximum Gasteiger partial charge on any atom is 0.416 e. The van der Waals surface area contributed by atoms with E-state index in [0.717, 1.165) is 35.2 Å². The van der Waals surface area contributed by atoms with Crippen LogP contribution in [0.15, 0.2) is 63.4 Å². The van der Waals surface area contributed by atoms with E-state index in [9.17, 15) is 26.4 Å². The van der Waals surface area contributed by atoms with Crippen molar-refractivity contribution in [3.63, 3.8) is 0 Å². The summed E-state index contributed by atoms with van der Waals surface area (Å²) in [7, 11) is -3.99. The summed E-state index contributed by atoms with van der Waals surface area (Å²) < 4.78 is 70.0. The van der Waals surface area contributed by atoms with E-state index in [1.54, 1.807) is 17.5 Å². The number of rotatable bonds is 6. The highest BCUT2D eigenvalue weighted by Crippen LogP contribution is 2.30. The zero-order valence-corrected chi connectivity index (χ0v) is 15.6. The number of carbonyl (C=O) groups excluding carboxylic acids is 1. The molecule has 0 bridgehead atoms. The maximum absolute atomic E-state index is 12.7. The van der Waals surface area contributed by atoms with Gasteiger partial charge in [-0.05, 0) is 41.8 Å². The van der Waals surface area contributed by atoms with Crippen LogP contribution >= 0.6 is 11.3 Å². The number of halogens is 3. The van der Waals surface area contributed by atoms with Crippen molar-refractivity contribution < 1.29 is 30.8 Å². The Morgan fingerprint density at radius 1 is 1.11 bits per heavy atom. The third-order valence-corrected chi connectivity index (χ3v) is 5.68. The fraction of sp³-hybridized carbons (Fsp3) is 0.118. The Morgan fingerprint density at radius 3 is 2.57 bits per heavy atom. The predicted octanol–water partition coefficient (Wildman–Crippen LogP) is 4.09. The zero-order valence-electron chi connectivity index (χ0n) is 14.0. The van der Waals surface area contributed by atoms with E-state index >= 15 is 0 Å². The normalized spacial score (nSPS) is 12.1. The average molecular weight is 430 g/mol. The molecule has 0 aliphatic carbocycles. The molecule has 0 radical (unpaired) electrons. The SMILES string of the molecule is O=C(Nc1cccc(C(F)(F)F)c1)c1ccc(S(=O)(=O)NCc2cccs2)o1. The maximum atomic E-state index is 12.7. The van der Waals surface area contributed by atoms with Crippen molar-refractivity contribution >= 4 is 33.0 Å². The first-order valence-electron chi connectivity index (χ1n) is 7.76. The lowest BCUT2D eigenvalue weighted by molar-refractivity contribution is -0.137. The summed E-state index contributed by atoms with van der Waals surface area (Å²) in [6.45, 7) is 0.0620. The van der Waals surface area contributed by atoms with Gasteiger partial charge in [0.05, 0.1) is 5.56 Å². The predicted molar refractivity (Wildman–Crippen MR) is 96.4 cm³/mol. The van der Waals surface area contributed by atoms with Gasteiger partial charge in [0, 0.05) is 17.1 Å². The number of amides is 1. The summed E-state index contributed by atoms with van der Waals surface area (Å²) in [6, 6.07) is 9.80. The molecule has 0 unspecified atom stereocenters. The Balaban J connectivity index is 1.70. The lowest BCUT2D eigenvalue weighted by Gasteiger charge is -2.09. The van der Waals surface area contributed by atoms with E-state index in [4.69, 9.17) is 4.42 Å². The molecule has 3 rings (SSSR count). The van der Waals surface area contributed by atoms with Gasteiger partial charge < -0.3 is 9.73 Å². The minimum absolute atomic E-state index is 0.0620. The Hall–Kier alpha value is -2.63. The molecule has 28 heavy (non-hydrogen) atoms. The van der Waals surface area contributed by atoms with Crippen molar-refractivity contribution in [3.8, 4) is 0 Å².